The molecule has 3 rings (SSSR count). The van der Waals surface area contributed by atoms with Crippen molar-refractivity contribution in [2.24, 2.45) is 5.41 Å². The first-order chi connectivity index (χ1) is 26.3. The smallest absolute Gasteiger partial charge is 0.274 e. The molecule has 0 aromatic carbocycles. The Morgan fingerprint density at radius 1 is 1.04 bits per heavy atom. The van der Waals surface area contributed by atoms with Crippen LogP contribution in [0.1, 0.15) is 39.3 Å². The van der Waals surface area contributed by atoms with E-state index < -0.39 is 115 Å². The van der Waals surface area contributed by atoms with Crippen LogP contribution in [0.4, 0.5) is 5.82 Å². The Labute approximate surface area is 326 Å². The van der Waals surface area contributed by atoms with Gasteiger partial charge >= 0.3 is 0 Å². The van der Waals surface area contributed by atoms with E-state index >= 15 is 0 Å². The van der Waals surface area contributed by atoms with Gasteiger partial charge in [0.2, 0.25) is 11.8 Å². The van der Waals surface area contributed by atoms with Crippen molar-refractivity contribution in [1.82, 2.24) is 30.2 Å². The second-order valence-corrected chi connectivity index (χ2v) is 17.9. The van der Waals surface area contributed by atoms with Crippen molar-refractivity contribution in [1.29, 1.82) is 0 Å². The largest absolute Gasteiger partial charge is 0.790 e. The lowest BCUT2D eigenvalue weighted by atomic mass is 9.87. The number of amides is 2. The fraction of sp³-hybridized carbons (Fsp3) is 0.654. The van der Waals surface area contributed by atoms with E-state index in [1.165, 1.54) is 0 Å². The maximum Gasteiger partial charge on any atom is 0.274 e. The molecular formula is C26H37N7O20P3S-5. The second-order valence-electron chi connectivity index (χ2n) is 12.6. The average Bonchev–Trinajstić information content (AvgIpc) is 3.64. The molecule has 0 saturated carbocycles. The number of imidazole rings is 1. The van der Waals surface area contributed by atoms with Gasteiger partial charge in [-0.15, -0.1) is 0 Å². The first-order valence-electron chi connectivity index (χ1n) is 16.2. The standard InChI is InChI=1S/C26H42N7O20P3S/c1-26(2,21(40)24(41)29-4-3-15(35)28-5-6-57-17(38)8-13(34)7-16(36)37)10-50-56(47,48)53-55(45,46)49-9-14-20(52-54(42,43)44)19(39)25(51-14)33-12-32-18-22(27)30-11-31-23(18)33/h11-14,19-21,25,34,39-40H,3-10H2,1-2H3,(H,28,35)(H,29,41)(H,36,37)(H,45,46)(H,47,48)(H2,27,30,31)(H2,42,43,44)/p-5/t13-,14+,19+,20+,21-,25+/m0/s1. The number of carboxylic acids is 1. The number of carboxylic acid groups (broad SMARTS) is 1. The number of aliphatic hydroxyl groups excluding tert-OH is 3. The third-order valence-electron chi connectivity index (χ3n) is 7.54. The highest BCUT2D eigenvalue weighted by molar-refractivity contribution is 8.13. The zero-order valence-electron chi connectivity index (χ0n) is 29.7. The zero-order chi connectivity index (χ0) is 42.9. The van der Waals surface area contributed by atoms with Gasteiger partial charge in [-0.3, -0.25) is 28.1 Å². The molecule has 0 spiro atoms. The summed E-state index contributed by atoms with van der Waals surface area (Å²) in [5.41, 5.74) is 3.97. The molecule has 27 nitrogen and oxygen atoms in total. The van der Waals surface area contributed by atoms with Crippen LogP contribution in [0, 0.1) is 5.41 Å². The number of aromatic nitrogens is 4. The average molecular weight is 893 g/mol. The Balaban J connectivity index is 1.47. The number of aliphatic carboxylic acids is 1. The molecule has 322 valence electrons. The first kappa shape index (κ1) is 48.4. The molecule has 8 atom stereocenters. The van der Waals surface area contributed by atoms with Gasteiger partial charge in [-0.05, 0) is 0 Å². The number of nitrogens with one attached hydrogen (secondary N) is 2. The number of thioether (sulfide) groups is 1. The van der Waals surface area contributed by atoms with E-state index in [4.69, 9.17) is 10.5 Å². The Bertz CT molecular complexity index is 1900. The van der Waals surface area contributed by atoms with Gasteiger partial charge in [0.15, 0.2) is 22.8 Å². The number of ether oxygens (including phenoxy) is 1. The topological polar surface area (TPSA) is 435 Å². The summed E-state index contributed by atoms with van der Waals surface area (Å²) in [6.45, 7) is -0.334. The number of nitrogen functional groups attached to an aromatic ring is 1. The van der Waals surface area contributed by atoms with Crippen molar-refractivity contribution in [3.63, 3.8) is 0 Å². The number of anilines is 1. The van der Waals surface area contributed by atoms with E-state index in [0.717, 1.165) is 42.8 Å². The number of hydrogen-bond acceptors (Lipinski definition) is 25. The number of aliphatic hydroxyl groups is 3. The predicted octanol–water partition coefficient (Wildman–Crippen LogP) is -5.97. The quantitative estimate of drug-likeness (QED) is 0.0447. The van der Waals surface area contributed by atoms with Crippen molar-refractivity contribution in [3.05, 3.63) is 12.7 Å². The lowest BCUT2D eigenvalue weighted by Crippen LogP contribution is -2.46. The van der Waals surface area contributed by atoms with Crippen LogP contribution < -0.4 is 41.0 Å². The lowest BCUT2D eigenvalue weighted by molar-refractivity contribution is -0.347. The van der Waals surface area contributed by atoms with Gasteiger partial charge in [-0.25, -0.2) is 19.3 Å². The molecule has 7 N–H and O–H groups in total. The summed E-state index contributed by atoms with van der Waals surface area (Å²) in [5.74, 6) is -3.18. The summed E-state index contributed by atoms with van der Waals surface area (Å²) in [7, 11) is -17.7. The minimum atomic E-state index is -5.94. The number of fused-ring (bicyclic) bond motifs is 1. The summed E-state index contributed by atoms with van der Waals surface area (Å²) >= 11 is 0.741. The molecule has 2 aromatic rings. The summed E-state index contributed by atoms with van der Waals surface area (Å²) in [5, 5.41) is 45.3. The Morgan fingerprint density at radius 2 is 1.70 bits per heavy atom. The van der Waals surface area contributed by atoms with Crippen LogP contribution in [0.5, 0.6) is 0 Å². The predicted molar refractivity (Wildman–Crippen MR) is 178 cm³/mol. The monoisotopic (exact) mass is 892 g/mol. The van der Waals surface area contributed by atoms with Crippen LogP contribution in [0.3, 0.4) is 0 Å². The molecule has 2 aromatic heterocycles. The SMILES string of the molecule is CC(C)(COP(=O)([O-])OP(=O)([O-])OC[C@H]1O[C@@H](n2cnc3c(N)ncnc32)[C@H](O)[C@@H]1OP(=O)([O-])[O-])[C@@H](O)C(=O)NCCC(=O)NCCSC(=O)C[C@@H](O)CC(=O)[O-]. The van der Waals surface area contributed by atoms with Crippen LogP contribution in [-0.2, 0) is 55.5 Å². The number of phosphoric acid groups is 3. The van der Waals surface area contributed by atoms with E-state index in [1.807, 2.05) is 0 Å². The van der Waals surface area contributed by atoms with Gasteiger partial charge in [-0.2, -0.15) is 0 Å². The van der Waals surface area contributed by atoms with Crippen molar-refractivity contribution in [3.8, 4) is 0 Å². The van der Waals surface area contributed by atoms with Gasteiger partial charge < -0.3 is 84.0 Å². The third-order valence-corrected chi connectivity index (χ3v) is 11.5. The highest BCUT2D eigenvalue weighted by Gasteiger charge is 2.47. The number of carbonyl (C=O) groups excluding carboxylic acids is 4. The summed E-state index contributed by atoms with van der Waals surface area (Å²) in [6.07, 6.45) is -10.4. The normalized spacial score (nSPS) is 22.0. The maximum atomic E-state index is 12.5. The van der Waals surface area contributed by atoms with E-state index in [1.54, 1.807) is 0 Å². The molecule has 1 aliphatic rings. The molecule has 0 aliphatic carbocycles. The van der Waals surface area contributed by atoms with Crippen molar-refractivity contribution >= 4 is 75.1 Å². The molecule has 1 saturated heterocycles. The van der Waals surface area contributed by atoms with Crippen molar-refractivity contribution in [2.45, 2.75) is 69.9 Å². The van der Waals surface area contributed by atoms with Gasteiger partial charge in [0.05, 0.1) is 33.5 Å². The Morgan fingerprint density at radius 3 is 2.35 bits per heavy atom. The highest BCUT2D eigenvalue weighted by atomic mass is 32.2. The van der Waals surface area contributed by atoms with E-state index in [0.29, 0.717) is 0 Å². The van der Waals surface area contributed by atoms with Gasteiger partial charge in [0.25, 0.3) is 15.6 Å². The zero-order valence-corrected chi connectivity index (χ0v) is 33.2. The number of hydrogen-bond donors (Lipinski definition) is 6. The number of nitrogens with zero attached hydrogens (tertiary/aromatic N) is 4. The number of carbonyl (C=O) groups is 4. The highest BCUT2D eigenvalue weighted by Crippen LogP contribution is 2.56. The molecule has 0 bridgehead atoms. The lowest BCUT2D eigenvalue weighted by Gasteiger charge is -2.36. The molecule has 0 radical (unpaired) electrons. The van der Waals surface area contributed by atoms with Crippen LogP contribution >= 0.6 is 35.2 Å². The first-order valence-corrected chi connectivity index (χ1v) is 21.5. The van der Waals surface area contributed by atoms with E-state index in [2.05, 4.69) is 43.5 Å². The molecule has 57 heavy (non-hydrogen) atoms. The molecular weight excluding hydrogens is 855 g/mol. The van der Waals surface area contributed by atoms with Crippen LogP contribution in [0.15, 0.2) is 12.7 Å². The summed E-state index contributed by atoms with van der Waals surface area (Å²) in [4.78, 5) is 106. The molecule has 31 heteroatoms. The fourth-order valence-electron chi connectivity index (χ4n) is 4.79. The molecule has 2 amide bonds. The van der Waals surface area contributed by atoms with Crippen LogP contribution in [-0.4, -0.2) is 120 Å². The number of phosphoric ester groups is 3. The van der Waals surface area contributed by atoms with Crippen LogP contribution in [0.25, 0.3) is 11.2 Å². The van der Waals surface area contributed by atoms with Gasteiger partial charge in [-0.1, -0.05) is 25.6 Å². The molecule has 1 aliphatic heterocycles. The minimum absolute atomic E-state index is 0.000682. The molecule has 1 fully saturated rings. The third kappa shape index (κ3) is 15.3. The van der Waals surface area contributed by atoms with Crippen molar-refractivity contribution < 1.29 is 95.5 Å². The van der Waals surface area contributed by atoms with E-state index in [-0.39, 0.29) is 42.2 Å². The maximum absolute atomic E-state index is 12.5. The Hall–Kier alpha value is -3.01. The number of rotatable bonds is 23. The van der Waals surface area contributed by atoms with Gasteiger partial charge in [0, 0.05) is 49.5 Å². The molecule has 3 heterocycles. The van der Waals surface area contributed by atoms with E-state index in [9.17, 15) is 72.9 Å². The minimum Gasteiger partial charge on any atom is -0.790 e. The molecule has 2 unspecified atom stereocenters. The summed E-state index contributed by atoms with van der Waals surface area (Å²) < 4.78 is 60.3. The van der Waals surface area contributed by atoms with Gasteiger partial charge in [0.1, 0.15) is 36.3 Å². The van der Waals surface area contributed by atoms with Crippen molar-refractivity contribution in [2.75, 3.05) is 37.8 Å². The number of nitrogens with two attached hydrogens (primary N) is 1. The second kappa shape index (κ2) is 20.3. The Kier molecular flexibility index (Phi) is 17.2. The summed E-state index contributed by atoms with van der Waals surface area (Å²) in [6, 6.07) is 0. The van der Waals surface area contributed by atoms with Crippen LogP contribution in [0.2, 0.25) is 0 Å². The fourth-order valence-corrected chi connectivity index (χ4v) is 8.27.